The van der Waals surface area contributed by atoms with Crippen LogP contribution in [0.25, 0.3) is 33.4 Å². The fourth-order valence-electron chi connectivity index (χ4n) is 5.07. The molecule has 5 rings (SSSR count). The van der Waals surface area contributed by atoms with Gasteiger partial charge in [-0.1, -0.05) is 29.8 Å². The summed E-state index contributed by atoms with van der Waals surface area (Å²) in [5.41, 5.74) is 10.6. The Balaban J connectivity index is 1.61. The van der Waals surface area contributed by atoms with Crippen LogP contribution in [0.3, 0.4) is 0 Å². The second-order valence-corrected chi connectivity index (χ2v) is 10.8. The first-order valence-electron chi connectivity index (χ1n) is 12.9. The van der Waals surface area contributed by atoms with Crippen LogP contribution in [0.2, 0.25) is 5.02 Å². The Labute approximate surface area is 222 Å². The van der Waals surface area contributed by atoms with Crippen molar-refractivity contribution in [1.82, 2.24) is 19.5 Å². The van der Waals surface area contributed by atoms with Crippen LogP contribution in [-0.2, 0) is 6.54 Å². The molecule has 0 bridgehead atoms. The van der Waals surface area contributed by atoms with Crippen LogP contribution in [0.15, 0.2) is 53.5 Å². The highest BCUT2D eigenvalue weighted by atomic mass is 35.5. The molecule has 1 saturated carbocycles. The molecule has 37 heavy (non-hydrogen) atoms. The Hall–Kier alpha value is -3.29. The van der Waals surface area contributed by atoms with Gasteiger partial charge in [0.2, 0.25) is 5.95 Å². The van der Waals surface area contributed by atoms with E-state index in [1.165, 1.54) is 0 Å². The monoisotopic (exact) mass is 516 g/mol. The van der Waals surface area contributed by atoms with Crippen molar-refractivity contribution in [2.75, 3.05) is 5.32 Å². The van der Waals surface area contributed by atoms with Crippen molar-refractivity contribution in [1.29, 1.82) is 0 Å². The highest BCUT2D eigenvalue weighted by Crippen LogP contribution is 2.32. The molecule has 7 nitrogen and oxygen atoms in total. The number of halogens is 1. The number of pyridine rings is 2. The zero-order valence-electron chi connectivity index (χ0n) is 21.5. The SMILES string of the molecule is Cc1cccc(-c2ccc(-c3cc4cnc(NC(C)C)nc4n(CC4CCC(N)CC4)c3=O)c(Cl)c2)n1. The third kappa shape index (κ3) is 5.53. The fraction of sp³-hybridized carbons (Fsp3) is 0.379. The van der Waals surface area contributed by atoms with Crippen LogP contribution in [0.5, 0.6) is 0 Å². The van der Waals surface area contributed by atoms with E-state index < -0.39 is 0 Å². The van der Waals surface area contributed by atoms with Gasteiger partial charge in [0, 0.05) is 57.6 Å². The number of benzene rings is 1. The molecule has 192 valence electrons. The van der Waals surface area contributed by atoms with Gasteiger partial charge in [-0.15, -0.1) is 0 Å². The number of fused-ring (bicyclic) bond motifs is 1. The maximum absolute atomic E-state index is 14.0. The number of anilines is 1. The number of aromatic nitrogens is 4. The first kappa shape index (κ1) is 25.4. The fourth-order valence-corrected chi connectivity index (χ4v) is 5.36. The highest BCUT2D eigenvalue weighted by molar-refractivity contribution is 6.33. The number of nitrogens with zero attached hydrogens (tertiary/aromatic N) is 4. The molecule has 0 aliphatic heterocycles. The van der Waals surface area contributed by atoms with Gasteiger partial charge in [-0.25, -0.2) is 4.98 Å². The lowest BCUT2D eigenvalue weighted by Gasteiger charge is -2.27. The Bertz CT molecular complexity index is 1490. The molecule has 1 aromatic carbocycles. The van der Waals surface area contributed by atoms with E-state index in [1.54, 1.807) is 6.20 Å². The molecular formula is C29H33ClN6O. The van der Waals surface area contributed by atoms with Gasteiger partial charge in [0.1, 0.15) is 5.65 Å². The van der Waals surface area contributed by atoms with E-state index in [1.807, 2.05) is 67.8 Å². The van der Waals surface area contributed by atoms with E-state index in [0.29, 0.717) is 40.2 Å². The normalized spacial score (nSPS) is 17.9. The summed E-state index contributed by atoms with van der Waals surface area (Å²) in [6, 6.07) is 13.9. The Morgan fingerprint density at radius 1 is 1.08 bits per heavy atom. The summed E-state index contributed by atoms with van der Waals surface area (Å²) in [6.07, 6.45) is 5.74. The molecule has 1 fully saturated rings. The van der Waals surface area contributed by atoms with Crippen molar-refractivity contribution in [3.63, 3.8) is 0 Å². The van der Waals surface area contributed by atoms with Crippen LogP contribution in [0.1, 0.15) is 45.2 Å². The molecule has 3 aromatic heterocycles. The van der Waals surface area contributed by atoms with E-state index in [9.17, 15) is 4.79 Å². The summed E-state index contributed by atoms with van der Waals surface area (Å²) in [4.78, 5) is 27.8. The lowest BCUT2D eigenvalue weighted by atomic mass is 9.86. The first-order chi connectivity index (χ1) is 17.8. The lowest BCUT2D eigenvalue weighted by molar-refractivity contribution is 0.295. The van der Waals surface area contributed by atoms with E-state index in [2.05, 4.69) is 15.3 Å². The summed E-state index contributed by atoms with van der Waals surface area (Å²) < 4.78 is 1.81. The minimum Gasteiger partial charge on any atom is -0.352 e. The molecule has 1 aliphatic carbocycles. The summed E-state index contributed by atoms with van der Waals surface area (Å²) in [7, 11) is 0. The first-order valence-corrected chi connectivity index (χ1v) is 13.3. The van der Waals surface area contributed by atoms with Gasteiger partial charge in [-0.2, -0.15) is 4.98 Å². The van der Waals surface area contributed by atoms with Gasteiger partial charge in [-0.3, -0.25) is 14.3 Å². The molecule has 3 N–H and O–H groups in total. The quantitative estimate of drug-likeness (QED) is 0.335. The molecule has 0 radical (unpaired) electrons. The molecule has 1 aliphatic rings. The largest absolute Gasteiger partial charge is 0.352 e. The molecule has 0 atom stereocenters. The van der Waals surface area contributed by atoms with Crippen molar-refractivity contribution in [2.24, 2.45) is 11.7 Å². The number of hydrogen-bond acceptors (Lipinski definition) is 6. The summed E-state index contributed by atoms with van der Waals surface area (Å²) >= 11 is 6.79. The standard InChI is InChI=1S/C29H33ClN6O/c1-17(2)33-29-32-15-21-13-24(23-12-9-20(14-25(23)30)26-6-4-5-18(3)34-26)28(37)36(27(21)35-29)16-19-7-10-22(31)11-8-19/h4-6,9,12-15,17,19,22H,7-8,10-11,16,31H2,1-3H3,(H,32,33,35). The number of aryl methyl sites for hydroxylation is 1. The maximum Gasteiger partial charge on any atom is 0.260 e. The maximum atomic E-state index is 14.0. The summed E-state index contributed by atoms with van der Waals surface area (Å²) in [5.74, 6) is 0.889. The smallest absolute Gasteiger partial charge is 0.260 e. The van der Waals surface area contributed by atoms with Gasteiger partial charge >= 0.3 is 0 Å². The molecule has 3 heterocycles. The van der Waals surface area contributed by atoms with Gasteiger partial charge in [0.25, 0.3) is 5.56 Å². The van der Waals surface area contributed by atoms with Crippen LogP contribution >= 0.6 is 11.6 Å². The predicted molar refractivity (Wildman–Crippen MR) is 151 cm³/mol. The highest BCUT2D eigenvalue weighted by Gasteiger charge is 2.22. The second kappa shape index (κ2) is 10.6. The Kier molecular flexibility index (Phi) is 7.26. The second-order valence-electron chi connectivity index (χ2n) is 10.4. The number of rotatable bonds is 6. The van der Waals surface area contributed by atoms with Gasteiger partial charge in [0.05, 0.1) is 5.69 Å². The summed E-state index contributed by atoms with van der Waals surface area (Å²) in [5, 5.41) is 4.56. The number of nitrogens with two attached hydrogens (primary N) is 1. The lowest BCUT2D eigenvalue weighted by Crippen LogP contribution is -2.32. The zero-order chi connectivity index (χ0) is 26.1. The van der Waals surface area contributed by atoms with E-state index in [-0.39, 0.29) is 17.6 Å². The van der Waals surface area contributed by atoms with E-state index in [4.69, 9.17) is 22.3 Å². The average Bonchev–Trinajstić information content (AvgIpc) is 2.87. The summed E-state index contributed by atoms with van der Waals surface area (Å²) in [6.45, 7) is 6.62. The molecule has 4 aromatic rings. The van der Waals surface area contributed by atoms with Crippen LogP contribution in [-0.4, -0.2) is 31.6 Å². The van der Waals surface area contributed by atoms with Crippen molar-refractivity contribution in [3.05, 3.63) is 69.7 Å². The molecule has 0 saturated heterocycles. The third-order valence-corrected chi connectivity index (χ3v) is 7.33. The van der Waals surface area contributed by atoms with Gasteiger partial charge < -0.3 is 11.1 Å². The van der Waals surface area contributed by atoms with Crippen molar-refractivity contribution >= 4 is 28.6 Å². The van der Waals surface area contributed by atoms with Gasteiger partial charge in [-0.05, 0) is 76.6 Å². The van der Waals surface area contributed by atoms with E-state index in [0.717, 1.165) is 48.0 Å². The molecule has 0 amide bonds. The molecule has 0 unspecified atom stereocenters. The Morgan fingerprint density at radius 3 is 2.57 bits per heavy atom. The predicted octanol–water partition coefficient (Wildman–Crippen LogP) is 5.82. The van der Waals surface area contributed by atoms with Crippen molar-refractivity contribution in [3.8, 4) is 22.4 Å². The number of hydrogen-bond donors (Lipinski definition) is 2. The van der Waals surface area contributed by atoms with E-state index >= 15 is 0 Å². The van der Waals surface area contributed by atoms with Crippen LogP contribution in [0.4, 0.5) is 5.95 Å². The number of nitrogens with one attached hydrogen (secondary N) is 1. The Morgan fingerprint density at radius 2 is 1.86 bits per heavy atom. The average molecular weight is 517 g/mol. The third-order valence-electron chi connectivity index (χ3n) is 7.02. The van der Waals surface area contributed by atoms with Gasteiger partial charge in [0.15, 0.2) is 0 Å². The molecular weight excluding hydrogens is 484 g/mol. The van der Waals surface area contributed by atoms with Crippen LogP contribution < -0.4 is 16.6 Å². The topological polar surface area (TPSA) is 98.7 Å². The zero-order valence-corrected chi connectivity index (χ0v) is 22.3. The minimum atomic E-state index is -0.0973. The van der Waals surface area contributed by atoms with Crippen molar-refractivity contribution in [2.45, 2.75) is 65.1 Å². The molecule has 8 heteroatoms. The molecule has 0 spiro atoms. The van der Waals surface area contributed by atoms with Crippen LogP contribution in [0, 0.1) is 12.8 Å². The minimum absolute atomic E-state index is 0.0973. The van der Waals surface area contributed by atoms with Crippen molar-refractivity contribution < 1.29 is 0 Å².